The molecular weight excluding hydrogens is 470 g/mol. The van der Waals surface area contributed by atoms with Gasteiger partial charge in [0.15, 0.2) is 11.6 Å². The summed E-state index contributed by atoms with van der Waals surface area (Å²) in [7, 11) is -3.78. The van der Waals surface area contributed by atoms with Crippen molar-refractivity contribution in [2.45, 2.75) is 57.5 Å². The molecule has 0 atom stereocenters. The molecule has 0 N–H and O–H groups in total. The minimum Gasteiger partial charge on any atom is -0.294 e. The van der Waals surface area contributed by atoms with Crippen molar-refractivity contribution in [1.29, 1.82) is 0 Å². The van der Waals surface area contributed by atoms with Gasteiger partial charge in [0.1, 0.15) is 0 Å². The summed E-state index contributed by atoms with van der Waals surface area (Å²) >= 11 is 0. The Morgan fingerprint density at radius 2 is 1.61 bits per heavy atom. The third-order valence-corrected chi connectivity index (χ3v) is 9.07. The van der Waals surface area contributed by atoms with Crippen molar-refractivity contribution in [1.82, 2.24) is 4.31 Å². The third kappa shape index (κ3) is 4.59. The number of fused-ring (bicyclic) bond motifs is 2. The van der Waals surface area contributed by atoms with Crippen molar-refractivity contribution in [2.75, 3.05) is 0 Å². The Morgan fingerprint density at radius 3 is 2.31 bits per heavy atom. The van der Waals surface area contributed by atoms with Crippen LogP contribution in [-0.2, 0) is 40.7 Å². The zero-order valence-corrected chi connectivity index (χ0v) is 21.4. The van der Waals surface area contributed by atoms with Crippen LogP contribution in [0.1, 0.15) is 56.6 Å². The lowest BCUT2D eigenvalue weighted by Crippen LogP contribution is -2.26. The summed E-state index contributed by atoms with van der Waals surface area (Å²) in [6.45, 7) is 4.77. The maximum Gasteiger partial charge on any atom is 0.243 e. The number of hydrogen-bond donors (Lipinski definition) is 0. The Bertz CT molecular complexity index is 1490. The highest BCUT2D eigenvalue weighted by Crippen LogP contribution is 2.31. The molecule has 36 heavy (non-hydrogen) atoms. The molecule has 3 aromatic rings. The molecule has 1 heterocycles. The van der Waals surface area contributed by atoms with Gasteiger partial charge in [-0.2, -0.15) is 4.31 Å². The van der Waals surface area contributed by atoms with Crippen LogP contribution in [0.2, 0.25) is 0 Å². The summed E-state index contributed by atoms with van der Waals surface area (Å²) in [5.41, 5.74) is 6.86. The zero-order chi connectivity index (χ0) is 25.4. The van der Waals surface area contributed by atoms with Crippen molar-refractivity contribution in [3.8, 4) is 0 Å². The van der Waals surface area contributed by atoms with E-state index in [0.717, 1.165) is 23.1 Å². The van der Waals surface area contributed by atoms with Crippen molar-refractivity contribution in [3.63, 3.8) is 0 Å². The molecule has 1 aliphatic heterocycles. The second-order valence-electron chi connectivity index (χ2n) is 9.71. The van der Waals surface area contributed by atoms with Crippen LogP contribution < -0.4 is 0 Å². The van der Waals surface area contributed by atoms with Crippen LogP contribution in [0.4, 0.5) is 0 Å². The Hall–Kier alpha value is -3.35. The highest BCUT2D eigenvalue weighted by Gasteiger charge is 2.32. The monoisotopic (exact) mass is 499 g/mol. The summed E-state index contributed by atoms with van der Waals surface area (Å²) in [4.78, 5) is 26.3. The number of rotatable bonds is 7. The number of nitrogens with zero attached hydrogens (tertiary/aromatic N) is 1. The molecule has 0 radical (unpaired) electrons. The van der Waals surface area contributed by atoms with E-state index < -0.39 is 10.0 Å². The van der Waals surface area contributed by atoms with Gasteiger partial charge < -0.3 is 0 Å². The lowest BCUT2D eigenvalue weighted by atomic mass is 9.87. The minimum atomic E-state index is -3.78. The highest BCUT2D eigenvalue weighted by atomic mass is 32.2. The Morgan fingerprint density at radius 1 is 0.889 bits per heavy atom. The van der Waals surface area contributed by atoms with Crippen molar-refractivity contribution in [3.05, 3.63) is 111 Å². The molecule has 0 saturated carbocycles. The standard InChI is InChI=1S/C30H29NO4S/c1-20-10-11-22(16-21(20)2)6-5-9-29(32)27-15-13-23-12-14-26(17-28(23)30(27)33)36(34,35)31-18-24-7-3-4-8-25(24)19-31/h3-4,7-8,10-12,14-17H,5-6,9,13,18-19H2,1-2H3. The second-order valence-corrected chi connectivity index (χ2v) is 11.6. The maximum atomic E-state index is 13.4. The molecule has 0 bridgehead atoms. The first-order valence-corrected chi connectivity index (χ1v) is 13.7. The lowest BCUT2D eigenvalue weighted by molar-refractivity contribution is -0.115. The van der Waals surface area contributed by atoms with E-state index in [1.54, 1.807) is 18.2 Å². The van der Waals surface area contributed by atoms with Gasteiger partial charge in [-0.15, -0.1) is 0 Å². The van der Waals surface area contributed by atoms with E-state index in [4.69, 9.17) is 0 Å². The first-order chi connectivity index (χ1) is 17.2. The van der Waals surface area contributed by atoms with Gasteiger partial charge in [0.2, 0.25) is 10.0 Å². The quantitative estimate of drug-likeness (QED) is 0.416. The molecule has 1 aliphatic carbocycles. The van der Waals surface area contributed by atoms with Gasteiger partial charge in [-0.3, -0.25) is 9.59 Å². The Labute approximate surface area is 212 Å². The van der Waals surface area contributed by atoms with Crippen LogP contribution in [0.15, 0.2) is 77.2 Å². The molecule has 0 fully saturated rings. The smallest absolute Gasteiger partial charge is 0.243 e. The molecule has 5 nitrogen and oxygen atoms in total. The van der Waals surface area contributed by atoms with E-state index in [2.05, 4.69) is 32.0 Å². The molecule has 184 valence electrons. The van der Waals surface area contributed by atoms with E-state index >= 15 is 0 Å². The highest BCUT2D eigenvalue weighted by molar-refractivity contribution is 7.89. The molecule has 6 heteroatoms. The first kappa shape index (κ1) is 24.3. The zero-order valence-electron chi connectivity index (χ0n) is 20.6. The lowest BCUT2D eigenvalue weighted by Gasteiger charge is -2.19. The van der Waals surface area contributed by atoms with Gasteiger partial charge in [-0.1, -0.05) is 54.6 Å². The Balaban J connectivity index is 1.29. The van der Waals surface area contributed by atoms with E-state index in [-0.39, 0.29) is 28.5 Å². The number of benzene rings is 3. The minimum absolute atomic E-state index is 0.0887. The molecular formula is C30H29NO4S. The summed E-state index contributed by atoms with van der Waals surface area (Å²) in [5.74, 6) is -0.563. The molecule has 0 saturated heterocycles. The Kier molecular flexibility index (Phi) is 6.49. The number of sulfonamides is 1. The average molecular weight is 500 g/mol. The number of carbonyl (C=O) groups is 2. The van der Waals surface area contributed by atoms with Gasteiger partial charge in [0.05, 0.1) is 10.5 Å². The van der Waals surface area contributed by atoms with Crippen LogP contribution in [-0.4, -0.2) is 24.3 Å². The van der Waals surface area contributed by atoms with Crippen molar-refractivity contribution >= 4 is 21.6 Å². The predicted octanol–water partition coefficient (Wildman–Crippen LogP) is 5.27. The molecule has 0 amide bonds. The molecule has 5 rings (SSSR count). The van der Waals surface area contributed by atoms with Gasteiger partial charge in [0, 0.05) is 25.1 Å². The number of allylic oxidation sites excluding steroid dienone is 2. The van der Waals surface area contributed by atoms with Crippen LogP contribution in [0.3, 0.4) is 0 Å². The summed E-state index contributed by atoms with van der Waals surface area (Å²) in [6, 6.07) is 18.7. The van der Waals surface area contributed by atoms with E-state index in [0.29, 0.717) is 31.5 Å². The largest absolute Gasteiger partial charge is 0.294 e. The second kappa shape index (κ2) is 9.60. The SMILES string of the molecule is Cc1ccc(CCCC(=O)C2=CCc3ccc(S(=O)(=O)N4Cc5ccccc5C4)cc3C2=O)cc1C. The number of hydrogen-bond acceptors (Lipinski definition) is 4. The molecule has 0 spiro atoms. The molecule has 0 aromatic heterocycles. The first-order valence-electron chi connectivity index (χ1n) is 12.3. The number of ketones is 2. The number of Topliss-reactive ketones (excluding diaryl/α,β-unsaturated/α-hetero) is 2. The number of carbonyl (C=O) groups excluding carboxylic acids is 2. The van der Waals surface area contributed by atoms with Gasteiger partial charge in [-0.05, 0) is 78.6 Å². The normalized spacial score (nSPS) is 15.4. The predicted molar refractivity (Wildman–Crippen MR) is 139 cm³/mol. The van der Waals surface area contributed by atoms with Gasteiger partial charge in [0.25, 0.3) is 0 Å². The van der Waals surface area contributed by atoms with Crippen molar-refractivity contribution in [2.24, 2.45) is 0 Å². The van der Waals surface area contributed by atoms with Gasteiger partial charge >= 0.3 is 0 Å². The summed E-state index contributed by atoms with van der Waals surface area (Å²) in [6.07, 6.45) is 3.83. The van der Waals surface area contributed by atoms with Crippen molar-refractivity contribution < 1.29 is 18.0 Å². The van der Waals surface area contributed by atoms with E-state index in [9.17, 15) is 18.0 Å². The summed E-state index contributed by atoms with van der Waals surface area (Å²) in [5, 5.41) is 0. The van der Waals surface area contributed by atoms with Crippen LogP contribution in [0.5, 0.6) is 0 Å². The maximum absolute atomic E-state index is 13.4. The fourth-order valence-corrected chi connectivity index (χ4v) is 6.39. The van der Waals surface area contributed by atoms with Crippen LogP contribution in [0, 0.1) is 13.8 Å². The fraction of sp³-hybridized carbons (Fsp3) is 0.267. The van der Waals surface area contributed by atoms with E-state index in [1.165, 1.54) is 27.1 Å². The van der Waals surface area contributed by atoms with E-state index in [1.807, 2.05) is 24.3 Å². The van der Waals surface area contributed by atoms with Gasteiger partial charge in [-0.25, -0.2) is 8.42 Å². The fourth-order valence-electron chi connectivity index (χ4n) is 4.96. The molecule has 2 aliphatic rings. The topological polar surface area (TPSA) is 71.5 Å². The molecule has 0 unspecified atom stereocenters. The number of aryl methyl sites for hydroxylation is 3. The average Bonchev–Trinajstić information content (AvgIpc) is 3.31. The molecule has 3 aromatic carbocycles. The van der Waals surface area contributed by atoms with Crippen LogP contribution in [0.25, 0.3) is 0 Å². The van der Waals surface area contributed by atoms with Crippen LogP contribution >= 0.6 is 0 Å². The third-order valence-electron chi connectivity index (χ3n) is 7.29. The summed E-state index contributed by atoms with van der Waals surface area (Å²) < 4.78 is 28.2.